The first-order valence-corrected chi connectivity index (χ1v) is 10.4. The molecule has 164 valence electrons. The van der Waals surface area contributed by atoms with E-state index in [1.165, 1.54) is 17.7 Å². The van der Waals surface area contributed by atoms with Gasteiger partial charge in [0.1, 0.15) is 12.4 Å². The van der Waals surface area contributed by atoms with E-state index in [1.54, 1.807) is 12.1 Å². The zero-order chi connectivity index (χ0) is 21.8. The Labute approximate surface area is 179 Å². The maximum absolute atomic E-state index is 12.8. The van der Waals surface area contributed by atoms with Crippen LogP contribution in [-0.2, 0) is 17.8 Å². The average molecular weight is 431 g/mol. The number of alkyl halides is 3. The van der Waals surface area contributed by atoms with Gasteiger partial charge < -0.3 is 9.47 Å². The predicted molar refractivity (Wildman–Crippen MR) is 109 cm³/mol. The van der Waals surface area contributed by atoms with Crippen LogP contribution in [0, 0.1) is 0 Å². The van der Waals surface area contributed by atoms with Crippen LogP contribution in [0.15, 0.2) is 66.2 Å². The van der Waals surface area contributed by atoms with Gasteiger partial charge in [0.2, 0.25) is 0 Å². The van der Waals surface area contributed by atoms with Crippen molar-refractivity contribution in [2.75, 3.05) is 0 Å². The third-order valence-electron chi connectivity index (χ3n) is 5.72. The van der Waals surface area contributed by atoms with Crippen LogP contribution in [-0.4, -0.2) is 29.4 Å². The van der Waals surface area contributed by atoms with Gasteiger partial charge in [-0.25, -0.2) is 4.79 Å². The highest BCUT2D eigenvalue weighted by molar-refractivity contribution is 5.69. The molecule has 4 nitrogen and oxygen atoms in total. The smallest absolute Gasteiger partial charge is 0.445 e. The molecule has 2 aromatic rings. The molecule has 2 aliphatic heterocycles. The monoisotopic (exact) mass is 431 g/mol. The zero-order valence-electron chi connectivity index (χ0n) is 17.0. The molecule has 1 saturated heterocycles. The molecule has 0 saturated carbocycles. The van der Waals surface area contributed by atoms with Crippen molar-refractivity contribution < 1.29 is 27.4 Å². The van der Waals surface area contributed by atoms with Gasteiger partial charge in [-0.15, -0.1) is 13.2 Å². The molecule has 0 spiro atoms. The number of halogens is 3. The number of carbonyl (C=O) groups is 1. The normalized spacial score (nSPS) is 20.7. The van der Waals surface area contributed by atoms with Crippen molar-refractivity contribution in [3.8, 4) is 5.75 Å². The van der Waals surface area contributed by atoms with E-state index in [4.69, 9.17) is 4.74 Å². The first-order valence-electron chi connectivity index (χ1n) is 10.4. The van der Waals surface area contributed by atoms with Gasteiger partial charge in [0.25, 0.3) is 0 Å². The van der Waals surface area contributed by atoms with E-state index < -0.39 is 6.36 Å². The van der Waals surface area contributed by atoms with Crippen molar-refractivity contribution in [2.24, 2.45) is 0 Å². The summed E-state index contributed by atoms with van der Waals surface area (Å²) in [5.41, 5.74) is 3.07. The Hall–Kier alpha value is -2.96. The first-order chi connectivity index (χ1) is 14.9. The minimum absolute atomic E-state index is 0.00129. The quantitative estimate of drug-likeness (QED) is 0.544. The second-order valence-corrected chi connectivity index (χ2v) is 8.00. The van der Waals surface area contributed by atoms with Crippen LogP contribution >= 0.6 is 0 Å². The Kier molecular flexibility index (Phi) is 6.20. The SMILES string of the molecule is O=C(OCc1ccccc1)N1C2C=C(Cc3ccc(OC(F)(F)F)cc3)CC1CCC2. The number of benzene rings is 2. The molecule has 2 bridgehead atoms. The molecule has 2 heterocycles. The highest BCUT2D eigenvalue weighted by Crippen LogP contribution is 2.35. The number of ether oxygens (including phenoxy) is 2. The fraction of sp³-hybridized carbons (Fsp3) is 0.375. The molecule has 1 amide bonds. The molecule has 2 aromatic carbocycles. The Morgan fingerprint density at radius 1 is 1.00 bits per heavy atom. The lowest BCUT2D eigenvalue weighted by Gasteiger charge is -2.44. The molecule has 7 heteroatoms. The molecule has 31 heavy (non-hydrogen) atoms. The second kappa shape index (κ2) is 9.04. The maximum Gasteiger partial charge on any atom is 0.573 e. The summed E-state index contributed by atoms with van der Waals surface area (Å²) in [6.07, 6.45) is 1.41. The summed E-state index contributed by atoms with van der Waals surface area (Å²) < 4.78 is 46.5. The number of rotatable bonds is 5. The Balaban J connectivity index is 1.39. The van der Waals surface area contributed by atoms with Crippen molar-refractivity contribution >= 4 is 6.09 Å². The van der Waals surface area contributed by atoms with Crippen molar-refractivity contribution in [1.29, 1.82) is 0 Å². The Morgan fingerprint density at radius 2 is 1.74 bits per heavy atom. The molecule has 0 aliphatic carbocycles. The van der Waals surface area contributed by atoms with E-state index in [9.17, 15) is 18.0 Å². The molecule has 2 unspecified atom stereocenters. The highest BCUT2D eigenvalue weighted by atomic mass is 19.4. The van der Waals surface area contributed by atoms with Gasteiger partial charge in [-0.3, -0.25) is 4.90 Å². The van der Waals surface area contributed by atoms with Crippen LogP contribution < -0.4 is 4.74 Å². The molecular weight excluding hydrogens is 407 g/mol. The van der Waals surface area contributed by atoms with E-state index in [0.717, 1.165) is 36.8 Å². The van der Waals surface area contributed by atoms with Gasteiger partial charge in [0, 0.05) is 6.04 Å². The van der Waals surface area contributed by atoms with Gasteiger partial charge in [-0.05, 0) is 55.4 Å². The molecule has 0 N–H and O–H groups in total. The maximum atomic E-state index is 12.8. The summed E-state index contributed by atoms with van der Waals surface area (Å²) in [6, 6.07) is 15.7. The first kappa shape index (κ1) is 21.3. The number of fused-ring (bicyclic) bond motifs is 2. The van der Waals surface area contributed by atoms with Crippen LogP contribution in [0.4, 0.5) is 18.0 Å². The van der Waals surface area contributed by atoms with Crippen LogP contribution in [0.2, 0.25) is 0 Å². The predicted octanol–water partition coefficient (Wildman–Crippen LogP) is 6.02. The number of hydrogen-bond acceptors (Lipinski definition) is 3. The topological polar surface area (TPSA) is 38.8 Å². The van der Waals surface area contributed by atoms with Crippen molar-refractivity contribution in [3.63, 3.8) is 0 Å². The van der Waals surface area contributed by atoms with Crippen LogP contribution in [0.1, 0.15) is 36.8 Å². The summed E-state index contributed by atoms with van der Waals surface area (Å²) in [5, 5.41) is 0. The summed E-state index contributed by atoms with van der Waals surface area (Å²) in [7, 11) is 0. The average Bonchev–Trinajstić information content (AvgIpc) is 2.72. The minimum atomic E-state index is -4.69. The number of hydrogen-bond donors (Lipinski definition) is 0. The second-order valence-electron chi connectivity index (χ2n) is 8.00. The third-order valence-corrected chi connectivity index (χ3v) is 5.72. The molecule has 2 aliphatic rings. The number of carbonyl (C=O) groups excluding carboxylic acids is 1. The lowest BCUT2D eigenvalue weighted by Crippen LogP contribution is -2.52. The molecule has 0 aromatic heterocycles. The molecular formula is C24H24F3NO3. The fourth-order valence-corrected chi connectivity index (χ4v) is 4.40. The van der Waals surface area contributed by atoms with Crippen molar-refractivity contribution in [1.82, 2.24) is 4.90 Å². The summed E-state index contributed by atoms with van der Waals surface area (Å²) in [5.74, 6) is -0.224. The van der Waals surface area contributed by atoms with Crippen LogP contribution in [0.3, 0.4) is 0 Å². The number of nitrogens with zero attached hydrogens (tertiary/aromatic N) is 1. The molecule has 1 fully saturated rings. The molecule has 0 radical (unpaired) electrons. The van der Waals surface area contributed by atoms with Gasteiger partial charge in [-0.2, -0.15) is 0 Å². The van der Waals surface area contributed by atoms with E-state index in [0.29, 0.717) is 6.42 Å². The fourth-order valence-electron chi connectivity index (χ4n) is 4.40. The Morgan fingerprint density at radius 3 is 2.42 bits per heavy atom. The van der Waals surface area contributed by atoms with Crippen LogP contribution in [0.25, 0.3) is 0 Å². The van der Waals surface area contributed by atoms with Crippen molar-refractivity contribution in [3.05, 3.63) is 77.4 Å². The summed E-state index contributed by atoms with van der Waals surface area (Å²) in [4.78, 5) is 14.6. The van der Waals surface area contributed by atoms with Gasteiger partial charge in [0.05, 0.1) is 6.04 Å². The zero-order valence-corrected chi connectivity index (χ0v) is 17.0. The third kappa shape index (κ3) is 5.60. The van der Waals surface area contributed by atoms with Gasteiger partial charge in [0.15, 0.2) is 0 Å². The summed E-state index contributed by atoms with van der Waals surface area (Å²) in [6.45, 7) is 0.249. The van der Waals surface area contributed by atoms with E-state index in [-0.39, 0.29) is 30.5 Å². The van der Waals surface area contributed by atoms with Gasteiger partial charge in [-0.1, -0.05) is 54.1 Å². The van der Waals surface area contributed by atoms with Crippen molar-refractivity contribution in [2.45, 2.75) is 57.2 Å². The largest absolute Gasteiger partial charge is 0.573 e. The molecule has 2 atom stereocenters. The van der Waals surface area contributed by atoms with E-state index in [1.807, 2.05) is 35.2 Å². The number of amides is 1. The van der Waals surface area contributed by atoms with Crippen LogP contribution in [0.5, 0.6) is 5.75 Å². The standard InChI is InChI=1S/C24H24F3NO3/c25-24(26,27)31-22-11-9-17(10-12-22)13-19-14-20-7-4-8-21(15-19)28(20)23(29)30-16-18-5-2-1-3-6-18/h1-3,5-6,9-12,14,20-21H,4,7-8,13,15-16H2. The highest BCUT2D eigenvalue weighted by Gasteiger charge is 2.38. The number of piperidine rings is 1. The lowest BCUT2D eigenvalue weighted by atomic mass is 9.83. The minimum Gasteiger partial charge on any atom is -0.445 e. The van der Waals surface area contributed by atoms with E-state index >= 15 is 0 Å². The summed E-state index contributed by atoms with van der Waals surface area (Å²) >= 11 is 0. The lowest BCUT2D eigenvalue weighted by molar-refractivity contribution is -0.274. The van der Waals surface area contributed by atoms with E-state index in [2.05, 4.69) is 10.8 Å². The molecule has 4 rings (SSSR count). The van der Waals surface area contributed by atoms with Gasteiger partial charge >= 0.3 is 12.5 Å². The Bertz CT molecular complexity index is 925.